The molecule has 3 aromatic heterocycles. The number of benzene rings is 3. The minimum Gasteiger partial charge on any atom is -0.361 e. The van der Waals surface area contributed by atoms with E-state index in [4.69, 9.17) is 4.98 Å². The Bertz CT molecular complexity index is 1960. The molecule has 0 amide bonds. The molecule has 3 aromatic carbocycles. The van der Waals surface area contributed by atoms with Crippen molar-refractivity contribution in [3.8, 4) is 0 Å². The Kier molecular flexibility index (Phi) is 7.72. The molecule has 0 aliphatic heterocycles. The van der Waals surface area contributed by atoms with E-state index in [9.17, 15) is 0 Å². The van der Waals surface area contributed by atoms with Gasteiger partial charge in [0, 0.05) is 52.0 Å². The van der Waals surface area contributed by atoms with Crippen LogP contribution in [0.1, 0.15) is 107 Å². The number of rotatable bonds is 8. The van der Waals surface area contributed by atoms with Crippen molar-refractivity contribution in [3.05, 3.63) is 112 Å². The minimum atomic E-state index is -0.0155. The van der Waals surface area contributed by atoms with Gasteiger partial charge in [0.1, 0.15) is 0 Å². The highest BCUT2D eigenvalue weighted by Gasteiger charge is 2.27. The maximum Gasteiger partial charge on any atom is 0.0492 e. The third-order valence-corrected chi connectivity index (χ3v) is 9.90. The van der Waals surface area contributed by atoms with E-state index in [0.29, 0.717) is 11.8 Å². The molecule has 44 heavy (non-hydrogen) atoms. The van der Waals surface area contributed by atoms with Gasteiger partial charge in [0.25, 0.3) is 0 Å². The Balaban J connectivity index is 1.42. The number of nitrogens with zero attached hydrogens (tertiary/aromatic N) is 1. The molecule has 2 N–H and O–H groups in total. The first-order valence-electron chi connectivity index (χ1n) is 16.5. The molecule has 3 heteroatoms. The molecule has 0 aliphatic carbocycles. The number of fused-ring (bicyclic) bond motifs is 3. The van der Waals surface area contributed by atoms with Gasteiger partial charge in [0.05, 0.1) is 0 Å². The fraction of sp³-hybridized carbons (Fsp3) is 0.390. The molecule has 0 bridgehead atoms. The topological polar surface area (TPSA) is 44.5 Å². The first-order valence-corrected chi connectivity index (χ1v) is 16.5. The fourth-order valence-corrected chi connectivity index (χ4v) is 7.61. The Morgan fingerprint density at radius 1 is 0.841 bits per heavy atom. The maximum absolute atomic E-state index is 5.06. The van der Waals surface area contributed by atoms with Crippen LogP contribution in [0.25, 0.3) is 32.6 Å². The van der Waals surface area contributed by atoms with Gasteiger partial charge in [-0.25, -0.2) is 0 Å². The maximum atomic E-state index is 5.06. The Labute approximate surface area is 263 Å². The lowest BCUT2D eigenvalue weighted by atomic mass is 9.78. The second-order valence-electron chi connectivity index (χ2n) is 15.0. The van der Waals surface area contributed by atoms with Crippen LogP contribution < -0.4 is 0 Å². The molecule has 3 nitrogen and oxygen atoms in total. The number of aryl methyl sites for hydroxylation is 1. The summed E-state index contributed by atoms with van der Waals surface area (Å²) < 4.78 is 0. The van der Waals surface area contributed by atoms with Gasteiger partial charge in [0.2, 0.25) is 0 Å². The second-order valence-corrected chi connectivity index (χ2v) is 15.0. The molecule has 0 unspecified atom stereocenters. The highest BCUT2D eigenvalue weighted by Crippen LogP contribution is 2.39. The van der Waals surface area contributed by atoms with Crippen molar-refractivity contribution in [3.63, 3.8) is 0 Å². The third-order valence-electron chi connectivity index (χ3n) is 9.90. The monoisotopic (exact) mass is 583 g/mol. The van der Waals surface area contributed by atoms with Crippen LogP contribution in [0.3, 0.4) is 0 Å². The molecule has 3 heterocycles. The van der Waals surface area contributed by atoms with Crippen LogP contribution in [0.4, 0.5) is 0 Å². The summed E-state index contributed by atoms with van der Waals surface area (Å²) in [5.41, 5.74) is 11.9. The van der Waals surface area contributed by atoms with Gasteiger partial charge >= 0.3 is 0 Å². The molecular weight excluding hydrogens is 534 g/mol. The standard InChI is InChI=1S/C41H49N3/c1-10-30(25(2)3)38-32-20-27(23-41(8,9)35-13-11-12-28-18-19-42-39(28)35)15-17-36(32)44-37(38)22-29-21-31-26(4)14-16-34(40(5,6)7)33(31)24-43-29/h11-21,24-25,30,42,44H,10,22-23H2,1-9H3/t30-/m1/s1. The third kappa shape index (κ3) is 5.47. The van der Waals surface area contributed by atoms with Gasteiger partial charge in [-0.3, -0.25) is 4.98 Å². The average molecular weight is 584 g/mol. The van der Waals surface area contributed by atoms with Crippen LogP contribution in [0.2, 0.25) is 0 Å². The predicted molar refractivity (Wildman–Crippen MR) is 189 cm³/mol. The number of nitrogens with one attached hydrogen (secondary N) is 2. The summed E-state index contributed by atoms with van der Waals surface area (Å²) in [5.74, 6) is 1.02. The van der Waals surface area contributed by atoms with Crippen molar-refractivity contribution in [2.45, 2.75) is 98.3 Å². The van der Waals surface area contributed by atoms with Crippen molar-refractivity contribution < 1.29 is 0 Å². The highest BCUT2D eigenvalue weighted by molar-refractivity contribution is 5.90. The fourth-order valence-electron chi connectivity index (χ4n) is 7.61. The van der Waals surface area contributed by atoms with Crippen molar-refractivity contribution in [1.82, 2.24) is 15.0 Å². The van der Waals surface area contributed by atoms with E-state index < -0.39 is 0 Å². The molecule has 0 fully saturated rings. The molecule has 228 valence electrons. The molecule has 0 radical (unpaired) electrons. The Morgan fingerprint density at radius 3 is 2.36 bits per heavy atom. The molecule has 0 saturated heterocycles. The lowest BCUT2D eigenvalue weighted by molar-refractivity contribution is 0.485. The molecule has 6 rings (SSSR count). The highest BCUT2D eigenvalue weighted by atomic mass is 14.7. The van der Waals surface area contributed by atoms with E-state index in [1.54, 1.807) is 0 Å². The molecule has 0 saturated carbocycles. The van der Waals surface area contributed by atoms with Gasteiger partial charge in [-0.2, -0.15) is 0 Å². The molecule has 1 atom stereocenters. The number of aromatic nitrogens is 3. The van der Waals surface area contributed by atoms with E-state index in [1.165, 1.54) is 66.1 Å². The van der Waals surface area contributed by atoms with E-state index in [2.05, 4.69) is 145 Å². The normalized spacial score (nSPS) is 13.5. The number of H-pyrrole nitrogens is 2. The number of pyridine rings is 1. The zero-order chi connectivity index (χ0) is 31.4. The van der Waals surface area contributed by atoms with Crippen molar-refractivity contribution in [2.75, 3.05) is 0 Å². The summed E-state index contributed by atoms with van der Waals surface area (Å²) in [6, 6.07) is 22.8. The minimum absolute atomic E-state index is 0.0155. The first kappa shape index (κ1) is 30.2. The number of hydrogen-bond donors (Lipinski definition) is 2. The Hall–Kier alpha value is -3.85. The summed E-state index contributed by atoms with van der Waals surface area (Å²) in [7, 11) is 0. The lowest BCUT2D eigenvalue weighted by Gasteiger charge is -2.26. The SMILES string of the molecule is CC[C@@H](c1c(Cc2cc3c(C)ccc(C(C)(C)C)c3cn2)[nH]c2ccc(CC(C)(C)c3cccc4cc[nH]c34)cc12)C(C)C. The van der Waals surface area contributed by atoms with Crippen LogP contribution in [0.5, 0.6) is 0 Å². The Morgan fingerprint density at radius 2 is 1.64 bits per heavy atom. The van der Waals surface area contributed by atoms with Crippen LogP contribution in [0, 0.1) is 12.8 Å². The summed E-state index contributed by atoms with van der Waals surface area (Å²) in [4.78, 5) is 12.4. The molecule has 0 spiro atoms. The second kappa shape index (κ2) is 11.3. The molecule has 0 aliphatic rings. The summed E-state index contributed by atoms with van der Waals surface area (Å²) >= 11 is 0. The van der Waals surface area contributed by atoms with E-state index in [1.807, 2.05) is 0 Å². The summed E-state index contributed by atoms with van der Waals surface area (Å²) in [6.07, 6.45) is 7.06. The largest absolute Gasteiger partial charge is 0.361 e. The van der Waals surface area contributed by atoms with Gasteiger partial charge in [-0.15, -0.1) is 0 Å². The van der Waals surface area contributed by atoms with Crippen LogP contribution in [-0.4, -0.2) is 15.0 Å². The van der Waals surface area contributed by atoms with Crippen LogP contribution in [0.15, 0.2) is 73.1 Å². The van der Waals surface area contributed by atoms with Crippen molar-refractivity contribution in [1.29, 1.82) is 0 Å². The quantitative estimate of drug-likeness (QED) is 0.184. The summed E-state index contributed by atoms with van der Waals surface area (Å²) in [6.45, 7) is 20.9. The molecular formula is C41H49N3. The molecule has 6 aromatic rings. The number of para-hydroxylation sites is 1. The van der Waals surface area contributed by atoms with Gasteiger partial charge < -0.3 is 9.97 Å². The van der Waals surface area contributed by atoms with Gasteiger partial charge in [-0.05, 0) is 105 Å². The van der Waals surface area contributed by atoms with E-state index in [-0.39, 0.29) is 10.8 Å². The summed E-state index contributed by atoms with van der Waals surface area (Å²) in [5, 5.41) is 5.24. The van der Waals surface area contributed by atoms with Gasteiger partial charge in [-0.1, -0.05) is 91.8 Å². The number of hydrogen-bond acceptors (Lipinski definition) is 1. The van der Waals surface area contributed by atoms with Crippen LogP contribution in [-0.2, 0) is 23.7 Å². The smallest absolute Gasteiger partial charge is 0.0492 e. The van der Waals surface area contributed by atoms with Crippen LogP contribution >= 0.6 is 0 Å². The zero-order valence-corrected chi connectivity index (χ0v) is 28.2. The van der Waals surface area contributed by atoms with Gasteiger partial charge in [0.15, 0.2) is 0 Å². The first-order chi connectivity index (χ1) is 20.9. The zero-order valence-electron chi connectivity index (χ0n) is 28.2. The number of aromatic amines is 2. The average Bonchev–Trinajstić information content (AvgIpc) is 3.57. The van der Waals surface area contributed by atoms with Crippen molar-refractivity contribution in [2.24, 2.45) is 5.92 Å². The van der Waals surface area contributed by atoms with Crippen molar-refractivity contribution >= 4 is 32.6 Å². The predicted octanol–water partition coefficient (Wildman–Crippen LogP) is 11.1. The lowest BCUT2D eigenvalue weighted by Crippen LogP contribution is -2.21. The van der Waals surface area contributed by atoms with E-state index >= 15 is 0 Å². The van der Waals surface area contributed by atoms with E-state index in [0.717, 1.165) is 25.0 Å².